The first kappa shape index (κ1) is 14.0. The molecule has 0 spiro atoms. The van der Waals surface area contributed by atoms with Crippen molar-refractivity contribution in [1.82, 2.24) is 15.0 Å². The number of aromatic nitrogens is 2. The highest BCUT2D eigenvalue weighted by Gasteiger charge is 2.32. The van der Waals surface area contributed by atoms with E-state index in [0.29, 0.717) is 18.1 Å². The molecule has 0 saturated carbocycles. The van der Waals surface area contributed by atoms with Gasteiger partial charge in [0.1, 0.15) is 0 Å². The Morgan fingerprint density at radius 3 is 2.85 bits per heavy atom. The largest absolute Gasteiger partial charge is 0.377 e. The Hall–Kier alpha value is -0.940. The molecule has 2 saturated heterocycles. The Kier molecular flexibility index (Phi) is 4.36. The molecule has 2 fully saturated rings. The molecule has 2 atom stereocenters. The summed E-state index contributed by atoms with van der Waals surface area (Å²) in [5.74, 6) is 1.91. The van der Waals surface area contributed by atoms with E-state index >= 15 is 0 Å². The minimum absolute atomic E-state index is 0.299. The maximum atomic E-state index is 5.86. The summed E-state index contributed by atoms with van der Waals surface area (Å²) in [5.41, 5.74) is 0. The van der Waals surface area contributed by atoms with Gasteiger partial charge in [-0.2, -0.15) is 4.98 Å². The summed E-state index contributed by atoms with van der Waals surface area (Å²) >= 11 is 0. The summed E-state index contributed by atoms with van der Waals surface area (Å²) in [7, 11) is 0. The molecular weight excluding hydrogens is 254 g/mol. The molecule has 0 amide bonds. The van der Waals surface area contributed by atoms with Crippen LogP contribution in [-0.2, 0) is 4.74 Å². The van der Waals surface area contributed by atoms with Gasteiger partial charge in [-0.05, 0) is 38.6 Å². The van der Waals surface area contributed by atoms with Crippen LogP contribution in [0.5, 0.6) is 0 Å². The smallest absolute Gasteiger partial charge is 0.229 e. The molecule has 112 valence electrons. The highest BCUT2D eigenvalue weighted by atomic mass is 16.5. The minimum Gasteiger partial charge on any atom is -0.377 e. The molecule has 1 aromatic rings. The molecular formula is C15H25N3O2. The van der Waals surface area contributed by atoms with Gasteiger partial charge in [0, 0.05) is 19.1 Å². The fraction of sp³-hybridized carbons (Fsp3) is 0.867. The van der Waals surface area contributed by atoms with Crippen molar-refractivity contribution < 1.29 is 9.26 Å². The van der Waals surface area contributed by atoms with E-state index in [1.807, 2.05) is 0 Å². The van der Waals surface area contributed by atoms with Crippen LogP contribution in [0.25, 0.3) is 0 Å². The van der Waals surface area contributed by atoms with Crippen molar-refractivity contribution >= 4 is 0 Å². The van der Waals surface area contributed by atoms with Gasteiger partial charge >= 0.3 is 0 Å². The summed E-state index contributed by atoms with van der Waals surface area (Å²) in [6.07, 6.45) is 6.42. The van der Waals surface area contributed by atoms with Gasteiger partial charge in [0.05, 0.1) is 12.1 Å². The van der Waals surface area contributed by atoms with Gasteiger partial charge in [-0.3, -0.25) is 4.90 Å². The molecule has 0 radical (unpaired) electrons. The van der Waals surface area contributed by atoms with E-state index in [9.17, 15) is 0 Å². The molecule has 5 heteroatoms. The van der Waals surface area contributed by atoms with Gasteiger partial charge in [-0.15, -0.1) is 0 Å². The van der Waals surface area contributed by atoms with Crippen molar-refractivity contribution in [3.8, 4) is 0 Å². The van der Waals surface area contributed by atoms with Gasteiger partial charge in [0.15, 0.2) is 5.82 Å². The Bertz CT molecular complexity index is 427. The fourth-order valence-corrected chi connectivity index (χ4v) is 3.17. The van der Waals surface area contributed by atoms with Gasteiger partial charge < -0.3 is 9.26 Å². The van der Waals surface area contributed by atoms with Crippen LogP contribution in [0, 0.1) is 0 Å². The molecule has 2 aliphatic rings. The van der Waals surface area contributed by atoms with Gasteiger partial charge in [0.25, 0.3) is 0 Å². The molecule has 5 nitrogen and oxygen atoms in total. The number of rotatable bonds is 4. The number of likely N-dealkylation sites (tertiary alicyclic amines) is 1. The maximum Gasteiger partial charge on any atom is 0.229 e. The highest BCUT2D eigenvalue weighted by Crippen LogP contribution is 2.31. The van der Waals surface area contributed by atoms with E-state index in [1.165, 1.54) is 25.7 Å². The highest BCUT2D eigenvalue weighted by molar-refractivity contribution is 5.00. The van der Waals surface area contributed by atoms with Gasteiger partial charge in [-0.25, -0.2) is 0 Å². The van der Waals surface area contributed by atoms with Crippen LogP contribution in [0.4, 0.5) is 0 Å². The lowest BCUT2D eigenvalue weighted by atomic mass is 10.1. The quantitative estimate of drug-likeness (QED) is 0.848. The zero-order chi connectivity index (χ0) is 13.9. The SMILES string of the molecule is CC(C)c1nc([C@H]2CCCN2C[C@H]2CCCCO2)no1. The van der Waals surface area contributed by atoms with E-state index in [2.05, 4.69) is 28.9 Å². The third-order valence-corrected chi connectivity index (χ3v) is 4.33. The summed E-state index contributed by atoms with van der Waals surface area (Å²) < 4.78 is 11.2. The topological polar surface area (TPSA) is 51.4 Å². The first-order valence-corrected chi connectivity index (χ1v) is 7.93. The molecule has 0 unspecified atom stereocenters. The predicted molar refractivity (Wildman–Crippen MR) is 75.5 cm³/mol. The van der Waals surface area contributed by atoms with Gasteiger partial charge in [0.2, 0.25) is 5.89 Å². The first-order chi connectivity index (χ1) is 9.74. The van der Waals surface area contributed by atoms with Crippen molar-refractivity contribution in [2.45, 2.75) is 64.0 Å². The zero-order valence-corrected chi connectivity index (χ0v) is 12.5. The lowest BCUT2D eigenvalue weighted by molar-refractivity contribution is -0.00870. The number of ether oxygens (including phenoxy) is 1. The van der Waals surface area contributed by atoms with Crippen molar-refractivity contribution in [2.24, 2.45) is 0 Å². The molecule has 2 aliphatic heterocycles. The van der Waals surface area contributed by atoms with Crippen LogP contribution in [0.3, 0.4) is 0 Å². The zero-order valence-electron chi connectivity index (χ0n) is 12.5. The minimum atomic E-state index is 0.299. The van der Waals surface area contributed by atoms with Crippen molar-refractivity contribution in [2.75, 3.05) is 19.7 Å². The normalized spacial score (nSPS) is 28.4. The van der Waals surface area contributed by atoms with Crippen LogP contribution < -0.4 is 0 Å². The van der Waals surface area contributed by atoms with Crippen molar-refractivity contribution in [3.63, 3.8) is 0 Å². The molecule has 0 aliphatic carbocycles. The van der Waals surface area contributed by atoms with Crippen molar-refractivity contribution in [3.05, 3.63) is 11.7 Å². The molecule has 0 aromatic carbocycles. The van der Waals surface area contributed by atoms with E-state index in [4.69, 9.17) is 9.26 Å². The second kappa shape index (κ2) is 6.22. The van der Waals surface area contributed by atoms with E-state index in [1.54, 1.807) is 0 Å². The number of hydrogen-bond acceptors (Lipinski definition) is 5. The molecule has 1 aromatic heterocycles. The molecule has 3 heterocycles. The maximum absolute atomic E-state index is 5.86. The predicted octanol–water partition coefficient (Wildman–Crippen LogP) is 2.90. The molecule has 0 N–H and O–H groups in total. The van der Waals surface area contributed by atoms with E-state index in [-0.39, 0.29) is 0 Å². The first-order valence-electron chi connectivity index (χ1n) is 7.93. The van der Waals surface area contributed by atoms with Gasteiger partial charge in [-0.1, -0.05) is 19.0 Å². The third kappa shape index (κ3) is 3.04. The second-order valence-electron chi connectivity index (χ2n) is 6.29. The Labute approximate surface area is 120 Å². The number of nitrogens with zero attached hydrogens (tertiary/aromatic N) is 3. The second-order valence-corrected chi connectivity index (χ2v) is 6.29. The van der Waals surface area contributed by atoms with E-state index in [0.717, 1.165) is 37.8 Å². The van der Waals surface area contributed by atoms with Crippen LogP contribution in [0.1, 0.15) is 69.6 Å². The fourth-order valence-electron chi connectivity index (χ4n) is 3.17. The summed E-state index contributed by atoms with van der Waals surface area (Å²) in [6.45, 7) is 7.22. The Morgan fingerprint density at radius 2 is 2.15 bits per heavy atom. The van der Waals surface area contributed by atoms with Crippen LogP contribution in [0.15, 0.2) is 4.52 Å². The summed E-state index contributed by atoms with van der Waals surface area (Å²) in [5, 5.41) is 4.19. The molecule has 0 bridgehead atoms. The van der Waals surface area contributed by atoms with Crippen molar-refractivity contribution in [1.29, 1.82) is 0 Å². The molecule has 3 rings (SSSR count). The number of hydrogen-bond donors (Lipinski definition) is 0. The van der Waals surface area contributed by atoms with E-state index < -0.39 is 0 Å². The third-order valence-electron chi connectivity index (χ3n) is 4.33. The van der Waals surface area contributed by atoms with Crippen LogP contribution in [0.2, 0.25) is 0 Å². The van der Waals surface area contributed by atoms with Crippen LogP contribution in [-0.4, -0.2) is 40.8 Å². The lowest BCUT2D eigenvalue weighted by Crippen LogP contribution is -2.35. The Balaban J connectivity index is 1.64. The van der Waals surface area contributed by atoms with Crippen LogP contribution >= 0.6 is 0 Å². The lowest BCUT2D eigenvalue weighted by Gasteiger charge is -2.29. The average molecular weight is 279 g/mol. The molecule has 20 heavy (non-hydrogen) atoms. The summed E-state index contributed by atoms with van der Waals surface area (Å²) in [6, 6.07) is 0.316. The summed E-state index contributed by atoms with van der Waals surface area (Å²) in [4.78, 5) is 7.05. The average Bonchev–Trinajstić information content (AvgIpc) is 3.08. The Morgan fingerprint density at radius 1 is 1.25 bits per heavy atom. The standard InChI is InChI=1S/C15H25N3O2/c1-11(2)15-16-14(17-20-15)13-7-5-8-18(13)10-12-6-3-4-9-19-12/h11-13H,3-10H2,1-2H3/t12-,13-/m1/s1. The monoisotopic (exact) mass is 279 g/mol.